The number of aromatic amines is 1. The zero-order chi connectivity index (χ0) is 9.97. The fourth-order valence-corrected chi connectivity index (χ4v) is 1.32. The van der Waals surface area contributed by atoms with Gasteiger partial charge in [-0.25, -0.2) is 4.98 Å². The van der Waals surface area contributed by atoms with E-state index in [2.05, 4.69) is 20.3 Å². The Balaban J connectivity index is 2.05. The summed E-state index contributed by atoms with van der Waals surface area (Å²) in [6.07, 6.45) is 5.91. The molecule has 0 amide bonds. The summed E-state index contributed by atoms with van der Waals surface area (Å²) >= 11 is 0. The van der Waals surface area contributed by atoms with E-state index in [1.165, 1.54) is 6.33 Å². The number of aryl methyl sites for hydroxylation is 1. The van der Waals surface area contributed by atoms with E-state index in [4.69, 9.17) is 5.73 Å². The molecular weight excluding hydrogens is 180 g/mol. The van der Waals surface area contributed by atoms with E-state index in [0.29, 0.717) is 12.2 Å². The van der Waals surface area contributed by atoms with Gasteiger partial charge < -0.3 is 5.73 Å². The van der Waals surface area contributed by atoms with Gasteiger partial charge in [-0.2, -0.15) is 10.2 Å². The average molecular weight is 192 g/mol. The van der Waals surface area contributed by atoms with Crippen molar-refractivity contribution in [1.29, 1.82) is 0 Å². The van der Waals surface area contributed by atoms with Gasteiger partial charge in [-0.3, -0.25) is 9.78 Å². The largest absolute Gasteiger partial charge is 0.321 e. The lowest BCUT2D eigenvalue weighted by molar-refractivity contribution is 0.670. The fourth-order valence-electron chi connectivity index (χ4n) is 1.32. The van der Waals surface area contributed by atoms with Gasteiger partial charge in [-0.15, -0.1) is 0 Å². The molecule has 74 valence electrons. The molecule has 2 aromatic rings. The van der Waals surface area contributed by atoms with Crippen LogP contribution in [0.5, 0.6) is 0 Å². The van der Waals surface area contributed by atoms with Crippen molar-refractivity contribution < 1.29 is 0 Å². The predicted octanol–water partition coefficient (Wildman–Crippen LogP) is -0.219. The standard InChI is InChI=1S/C8H12N6/c1-14-4-6(3-12-14)2-7(9)8-10-5-11-13-8/h3-5,7H,2,9H2,1H3,(H,10,11,13). The lowest BCUT2D eigenvalue weighted by Gasteiger charge is -2.05. The van der Waals surface area contributed by atoms with Gasteiger partial charge >= 0.3 is 0 Å². The molecule has 0 spiro atoms. The van der Waals surface area contributed by atoms with Crippen molar-refractivity contribution in [2.75, 3.05) is 0 Å². The van der Waals surface area contributed by atoms with E-state index in [-0.39, 0.29) is 6.04 Å². The van der Waals surface area contributed by atoms with Gasteiger partial charge in [0.15, 0.2) is 0 Å². The van der Waals surface area contributed by atoms with Crippen LogP contribution >= 0.6 is 0 Å². The summed E-state index contributed by atoms with van der Waals surface area (Å²) in [5, 5.41) is 10.6. The van der Waals surface area contributed by atoms with E-state index >= 15 is 0 Å². The molecule has 3 N–H and O–H groups in total. The predicted molar refractivity (Wildman–Crippen MR) is 50.2 cm³/mol. The topological polar surface area (TPSA) is 85.4 Å². The Labute approximate surface area is 81.1 Å². The summed E-state index contributed by atoms with van der Waals surface area (Å²) in [5.41, 5.74) is 7.00. The van der Waals surface area contributed by atoms with Gasteiger partial charge in [0, 0.05) is 13.2 Å². The molecule has 0 aromatic carbocycles. The maximum absolute atomic E-state index is 5.91. The maximum Gasteiger partial charge on any atom is 0.141 e. The second-order valence-corrected chi connectivity index (χ2v) is 3.20. The first-order valence-corrected chi connectivity index (χ1v) is 4.34. The van der Waals surface area contributed by atoms with Crippen LogP contribution in [0.15, 0.2) is 18.7 Å². The smallest absolute Gasteiger partial charge is 0.141 e. The van der Waals surface area contributed by atoms with Crippen LogP contribution in [0.4, 0.5) is 0 Å². The molecule has 14 heavy (non-hydrogen) atoms. The molecule has 0 aliphatic carbocycles. The van der Waals surface area contributed by atoms with Crippen molar-refractivity contribution in [3.8, 4) is 0 Å². The molecule has 0 bridgehead atoms. The minimum atomic E-state index is -0.151. The van der Waals surface area contributed by atoms with Crippen LogP contribution in [0, 0.1) is 0 Å². The lowest BCUT2D eigenvalue weighted by atomic mass is 10.1. The summed E-state index contributed by atoms with van der Waals surface area (Å²) in [4.78, 5) is 4.00. The number of nitrogens with two attached hydrogens (primary N) is 1. The first-order chi connectivity index (χ1) is 6.75. The highest BCUT2D eigenvalue weighted by Gasteiger charge is 2.10. The van der Waals surface area contributed by atoms with Crippen molar-refractivity contribution in [3.05, 3.63) is 30.1 Å². The quantitative estimate of drug-likeness (QED) is 0.704. The van der Waals surface area contributed by atoms with Crippen molar-refractivity contribution in [2.45, 2.75) is 12.5 Å². The third-order valence-electron chi connectivity index (χ3n) is 2.00. The molecular formula is C8H12N6. The van der Waals surface area contributed by atoms with E-state index in [9.17, 15) is 0 Å². The first kappa shape index (κ1) is 8.89. The number of nitrogens with one attached hydrogen (secondary N) is 1. The van der Waals surface area contributed by atoms with Gasteiger partial charge in [0.25, 0.3) is 0 Å². The number of aromatic nitrogens is 5. The Bertz CT molecular complexity index is 390. The molecule has 0 fully saturated rings. The van der Waals surface area contributed by atoms with E-state index in [1.807, 2.05) is 13.2 Å². The summed E-state index contributed by atoms with van der Waals surface area (Å²) in [6, 6.07) is -0.151. The third-order valence-corrected chi connectivity index (χ3v) is 2.00. The Kier molecular flexibility index (Phi) is 2.28. The van der Waals surface area contributed by atoms with Crippen molar-refractivity contribution in [3.63, 3.8) is 0 Å². The molecule has 2 rings (SSSR count). The van der Waals surface area contributed by atoms with Crippen LogP contribution in [-0.2, 0) is 13.5 Å². The Morgan fingerprint density at radius 2 is 2.50 bits per heavy atom. The van der Waals surface area contributed by atoms with Crippen LogP contribution in [0.2, 0.25) is 0 Å². The van der Waals surface area contributed by atoms with Crippen molar-refractivity contribution in [2.24, 2.45) is 12.8 Å². The highest BCUT2D eigenvalue weighted by Crippen LogP contribution is 2.10. The van der Waals surface area contributed by atoms with Crippen LogP contribution in [0.25, 0.3) is 0 Å². The molecule has 6 heteroatoms. The molecule has 0 saturated heterocycles. The van der Waals surface area contributed by atoms with E-state index in [1.54, 1.807) is 10.9 Å². The Morgan fingerprint density at radius 1 is 1.64 bits per heavy atom. The summed E-state index contributed by atoms with van der Waals surface area (Å²) in [5.74, 6) is 0.703. The zero-order valence-corrected chi connectivity index (χ0v) is 7.88. The molecule has 0 aliphatic heterocycles. The molecule has 2 heterocycles. The van der Waals surface area contributed by atoms with E-state index in [0.717, 1.165) is 5.56 Å². The lowest BCUT2D eigenvalue weighted by Crippen LogP contribution is -2.14. The number of rotatable bonds is 3. The highest BCUT2D eigenvalue weighted by atomic mass is 15.2. The number of hydrogen-bond donors (Lipinski definition) is 2. The van der Waals surface area contributed by atoms with Gasteiger partial charge in [0.1, 0.15) is 12.2 Å². The summed E-state index contributed by atoms with van der Waals surface area (Å²) < 4.78 is 1.75. The van der Waals surface area contributed by atoms with Crippen LogP contribution < -0.4 is 5.73 Å². The second kappa shape index (κ2) is 3.59. The minimum absolute atomic E-state index is 0.151. The van der Waals surface area contributed by atoms with Gasteiger partial charge in [0.2, 0.25) is 0 Å². The Hall–Kier alpha value is -1.69. The Morgan fingerprint density at radius 3 is 3.07 bits per heavy atom. The molecule has 0 radical (unpaired) electrons. The first-order valence-electron chi connectivity index (χ1n) is 4.34. The van der Waals surface area contributed by atoms with Crippen LogP contribution in [0.1, 0.15) is 17.4 Å². The fraction of sp³-hybridized carbons (Fsp3) is 0.375. The molecule has 1 atom stereocenters. The second-order valence-electron chi connectivity index (χ2n) is 3.20. The molecule has 0 saturated carbocycles. The monoisotopic (exact) mass is 192 g/mol. The van der Waals surface area contributed by atoms with Crippen molar-refractivity contribution >= 4 is 0 Å². The third kappa shape index (κ3) is 1.80. The minimum Gasteiger partial charge on any atom is -0.321 e. The molecule has 6 nitrogen and oxygen atoms in total. The maximum atomic E-state index is 5.91. The average Bonchev–Trinajstić information content (AvgIpc) is 2.75. The van der Waals surface area contributed by atoms with E-state index < -0.39 is 0 Å². The summed E-state index contributed by atoms with van der Waals surface area (Å²) in [6.45, 7) is 0. The molecule has 2 aromatic heterocycles. The number of H-pyrrole nitrogens is 1. The summed E-state index contributed by atoms with van der Waals surface area (Å²) in [7, 11) is 1.88. The highest BCUT2D eigenvalue weighted by molar-refractivity contribution is 5.08. The van der Waals surface area contributed by atoms with Gasteiger partial charge in [-0.05, 0) is 12.0 Å². The normalized spacial score (nSPS) is 13.0. The van der Waals surface area contributed by atoms with Gasteiger partial charge in [-0.1, -0.05) is 0 Å². The van der Waals surface area contributed by atoms with Gasteiger partial charge in [0.05, 0.1) is 12.2 Å². The SMILES string of the molecule is Cn1cc(CC(N)c2ncn[nH]2)cn1. The van der Waals surface area contributed by atoms with Crippen LogP contribution in [0.3, 0.4) is 0 Å². The number of hydrogen-bond acceptors (Lipinski definition) is 4. The molecule has 1 unspecified atom stereocenters. The van der Waals surface area contributed by atoms with Crippen LogP contribution in [-0.4, -0.2) is 25.0 Å². The molecule has 0 aliphatic rings. The van der Waals surface area contributed by atoms with Crippen molar-refractivity contribution in [1.82, 2.24) is 25.0 Å². The zero-order valence-electron chi connectivity index (χ0n) is 7.88. The number of nitrogens with zero attached hydrogens (tertiary/aromatic N) is 4.